The number of aromatic nitrogens is 1. The highest BCUT2D eigenvalue weighted by Gasteiger charge is 2.37. The second-order valence-electron chi connectivity index (χ2n) is 13.0. The summed E-state index contributed by atoms with van der Waals surface area (Å²) in [6.45, 7) is 1.52. The normalized spacial score (nSPS) is 18.5. The average Bonchev–Trinajstić information content (AvgIpc) is 3.52. The fourth-order valence-electron chi connectivity index (χ4n) is 6.80. The van der Waals surface area contributed by atoms with Gasteiger partial charge in [0, 0.05) is 50.2 Å². The monoisotopic (exact) mass is 671 g/mol. The van der Waals surface area contributed by atoms with Crippen molar-refractivity contribution in [3.05, 3.63) is 132 Å². The summed E-state index contributed by atoms with van der Waals surface area (Å²) in [5.41, 5.74) is 3.66. The van der Waals surface area contributed by atoms with Crippen LogP contribution < -0.4 is 15.4 Å². The zero-order chi connectivity index (χ0) is 34.5. The molecule has 0 aliphatic carbocycles. The lowest BCUT2D eigenvalue weighted by Crippen LogP contribution is -2.46. The molecule has 10 heteroatoms. The Morgan fingerprint density at radius 1 is 0.880 bits per heavy atom. The molecule has 2 aliphatic rings. The van der Waals surface area contributed by atoms with Crippen molar-refractivity contribution < 1.29 is 23.5 Å². The number of amides is 3. The molecule has 2 N–H and O–H groups in total. The number of halogens is 1. The summed E-state index contributed by atoms with van der Waals surface area (Å²) >= 11 is 0. The topological polar surface area (TPSA) is 104 Å². The van der Waals surface area contributed by atoms with E-state index in [-0.39, 0.29) is 61.7 Å². The SMILES string of the molecule is O=C(Cc1ccc2ccccc2c1)N[C@@H]1C[C@H]2COc3cccc(c3)-c3cncc(c3)C(=O)NCCN(Cc3cccc(F)c3)CC(=O)N2C1. The molecular formula is C40H38FN5O4. The Morgan fingerprint density at radius 3 is 2.60 bits per heavy atom. The molecule has 0 spiro atoms. The van der Waals surface area contributed by atoms with E-state index in [0.29, 0.717) is 42.9 Å². The van der Waals surface area contributed by atoms with Gasteiger partial charge in [-0.05, 0) is 64.2 Å². The Hall–Kier alpha value is -5.61. The molecule has 1 fully saturated rings. The summed E-state index contributed by atoms with van der Waals surface area (Å²) in [7, 11) is 0. The van der Waals surface area contributed by atoms with Crippen LogP contribution in [0.2, 0.25) is 0 Å². The molecular weight excluding hydrogens is 633 g/mol. The van der Waals surface area contributed by atoms with Crippen LogP contribution in [0, 0.1) is 5.82 Å². The molecule has 0 radical (unpaired) electrons. The van der Waals surface area contributed by atoms with Crippen molar-refractivity contribution in [2.24, 2.45) is 0 Å². The van der Waals surface area contributed by atoms with Gasteiger partial charge in [0.15, 0.2) is 0 Å². The zero-order valence-corrected chi connectivity index (χ0v) is 27.6. The molecule has 0 unspecified atom stereocenters. The van der Waals surface area contributed by atoms with E-state index in [1.54, 1.807) is 23.2 Å². The molecule has 5 aromatic rings. The molecule has 0 saturated carbocycles. The van der Waals surface area contributed by atoms with Crippen LogP contribution in [0.25, 0.3) is 21.9 Å². The molecule has 2 atom stereocenters. The molecule has 1 aromatic heterocycles. The first-order valence-electron chi connectivity index (χ1n) is 16.9. The summed E-state index contributed by atoms with van der Waals surface area (Å²) in [4.78, 5) is 48.4. The second kappa shape index (κ2) is 14.9. The van der Waals surface area contributed by atoms with Crippen molar-refractivity contribution in [3.63, 3.8) is 0 Å². The minimum absolute atomic E-state index is 0.0349. The third-order valence-electron chi connectivity index (χ3n) is 9.26. The van der Waals surface area contributed by atoms with Crippen LogP contribution >= 0.6 is 0 Å². The first-order valence-corrected chi connectivity index (χ1v) is 16.9. The number of hydrogen-bond acceptors (Lipinski definition) is 6. The number of fused-ring (bicyclic) bond motifs is 7. The Bertz CT molecular complexity index is 2040. The molecule has 3 heterocycles. The van der Waals surface area contributed by atoms with E-state index < -0.39 is 0 Å². The highest BCUT2D eigenvalue weighted by atomic mass is 19.1. The number of hydrogen-bond donors (Lipinski definition) is 2. The second-order valence-corrected chi connectivity index (χ2v) is 13.0. The summed E-state index contributed by atoms with van der Waals surface area (Å²) in [6, 6.07) is 29.1. The molecule has 50 heavy (non-hydrogen) atoms. The van der Waals surface area contributed by atoms with Gasteiger partial charge in [-0.25, -0.2) is 4.39 Å². The first-order chi connectivity index (χ1) is 24.4. The van der Waals surface area contributed by atoms with Crippen molar-refractivity contribution in [1.29, 1.82) is 0 Å². The molecule has 254 valence electrons. The third kappa shape index (κ3) is 7.98. The number of ether oxygens (including phenoxy) is 1. The highest BCUT2D eigenvalue weighted by Crippen LogP contribution is 2.26. The first kappa shape index (κ1) is 32.9. The van der Waals surface area contributed by atoms with E-state index in [9.17, 15) is 18.8 Å². The van der Waals surface area contributed by atoms with Crippen LogP contribution in [0.3, 0.4) is 0 Å². The highest BCUT2D eigenvalue weighted by molar-refractivity contribution is 5.95. The fraction of sp³-hybridized carbons (Fsp3) is 0.250. The minimum Gasteiger partial charge on any atom is -0.491 e. The Balaban J connectivity index is 1.12. The lowest BCUT2D eigenvalue weighted by molar-refractivity contribution is -0.134. The van der Waals surface area contributed by atoms with Gasteiger partial charge in [0.05, 0.1) is 24.6 Å². The van der Waals surface area contributed by atoms with Crippen LogP contribution in [0.5, 0.6) is 5.75 Å². The van der Waals surface area contributed by atoms with E-state index in [1.807, 2.05) is 77.7 Å². The third-order valence-corrected chi connectivity index (χ3v) is 9.26. The smallest absolute Gasteiger partial charge is 0.252 e. The largest absolute Gasteiger partial charge is 0.491 e. The van der Waals surface area contributed by atoms with Crippen LogP contribution in [0.15, 0.2) is 109 Å². The fourth-order valence-corrected chi connectivity index (χ4v) is 6.80. The summed E-state index contributed by atoms with van der Waals surface area (Å²) < 4.78 is 20.4. The molecule has 7 rings (SSSR count). The van der Waals surface area contributed by atoms with Crippen molar-refractivity contribution in [2.45, 2.75) is 31.5 Å². The summed E-state index contributed by atoms with van der Waals surface area (Å²) in [5.74, 6) is -0.273. The number of nitrogens with zero attached hydrogens (tertiary/aromatic N) is 3. The maximum absolute atomic E-state index is 14.1. The van der Waals surface area contributed by atoms with Crippen molar-refractivity contribution in [1.82, 2.24) is 25.4 Å². The van der Waals surface area contributed by atoms with Crippen LogP contribution in [-0.4, -0.2) is 77.4 Å². The molecule has 4 bridgehead atoms. The molecule has 2 aliphatic heterocycles. The molecule has 3 amide bonds. The van der Waals surface area contributed by atoms with E-state index in [2.05, 4.69) is 15.6 Å². The van der Waals surface area contributed by atoms with Gasteiger partial charge < -0.3 is 20.3 Å². The lowest BCUT2D eigenvalue weighted by Gasteiger charge is -2.29. The maximum Gasteiger partial charge on any atom is 0.252 e. The summed E-state index contributed by atoms with van der Waals surface area (Å²) in [6.07, 6.45) is 3.98. The predicted molar refractivity (Wildman–Crippen MR) is 189 cm³/mol. The van der Waals surface area contributed by atoms with E-state index in [0.717, 1.165) is 27.5 Å². The predicted octanol–water partition coefficient (Wildman–Crippen LogP) is 4.99. The van der Waals surface area contributed by atoms with Gasteiger partial charge in [0.25, 0.3) is 5.91 Å². The maximum atomic E-state index is 14.1. The number of nitrogens with one attached hydrogen (secondary N) is 2. The van der Waals surface area contributed by atoms with Gasteiger partial charge in [-0.2, -0.15) is 0 Å². The van der Waals surface area contributed by atoms with Gasteiger partial charge in [-0.1, -0.05) is 66.7 Å². The van der Waals surface area contributed by atoms with Crippen LogP contribution in [0.4, 0.5) is 4.39 Å². The summed E-state index contributed by atoms with van der Waals surface area (Å²) in [5, 5.41) is 8.31. The van der Waals surface area contributed by atoms with Gasteiger partial charge in [0.1, 0.15) is 18.2 Å². The van der Waals surface area contributed by atoms with Gasteiger partial charge >= 0.3 is 0 Å². The van der Waals surface area contributed by atoms with Gasteiger partial charge in [0.2, 0.25) is 11.8 Å². The van der Waals surface area contributed by atoms with E-state index in [1.165, 1.54) is 18.3 Å². The van der Waals surface area contributed by atoms with Gasteiger partial charge in [-0.3, -0.25) is 24.3 Å². The average molecular weight is 672 g/mol. The van der Waals surface area contributed by atoms with Gasteiger partial charge in [-0.15, -0.1) is 0 Å². The number of carbonyl (C=O) groups is 3. The van der Waals surface area contributed by atoms with E-state index >= 15 is 0 Å². The number of rotatable bonds is 5. The standard InChI is InChI=1S/C40H38FN5O4/c41-34-9-3-5-28(16-34)23-45-14-13-43-40(49)33-18-32(21-42-22-33)31-8-4-10-37(19-31)50-26-36-20-35(24-46(36)39(48)25-45)44-38(47)17-27-11-12-29-6-1-2-7-30(29)15-27/h1-12,15-16,18-19,21-22,35-36H,13-14,17,20,23-26H2,(H,43,49)(H,44,47)/t35-,36+/m1/s1. The quantitative estimate of drug-likeness (QED) is 0.273. The zero-order valence-electron chi connectivity index (χ0n) is 27.6. The molecule has 1 saturated heterocycles. The Morgan fingerprint density at radius 2 is 1.72 bits per heavy atom. The van der Waals surface area contributed by atoms with Crippen molar-refractivity contribution in [3.8, 4) is 16.9 Å². The number of carbonyl (C=O) groups excluding carboxylic acids is 3. The van der Waals surface area contributed by atoms with Crippen molar-refractivity contribution in [2.75, 3.05) is 32.8 Å². The molecule has 9 nitrogen and oxygen atoms in total. The van der Waals surface area contributed by atoms with Crippen LogP contribution in [0.1, 0.15) is 27.9 Å². The number of pyridine rings is 1. The number of benzene rings is 4. The van der Waals surface area contributed by atoms with Crippen LogP contribution in [-0.2, 0) is 22.6 Å². The van der Waals surface area contributed by atoms with E-state index in [4.69, 9.17) is 4.74 Å². The van der Waals surface area contributed by atoms with Crippen molar-refractivity contribution >= 4 is 28.5 Å². The molecule has 4 aromatic carbocycles. The minimum atomic E-state index is -0.359. The lowest BCUT2D eigenvalue weighted by atomic mass is 10.0. The Kier molecular flexibility index (Phi) is 9.79. The Labute approximate surface area is 290 Å².